The van der Waals surface area contributed by atoms with Crippen LogP contribution >= 0.6 is 0 Å². The first-order valence-corrected chi connectivity index (χ1v) is 4.92. The molecule has 0 amide bonds. The third kappa shape index (κ3) is 11.7. The average Bonchev–Trinajstić information content (AvgIpc) is 1.92. The van der Waals surface area contributed by atoms with Gasteiger partial charge in [0.2, 0.25) is 0 Å². The normalized spacial score (nSPS) is 10.2. The Kier molecular flexibility index (Phi) is 5.29. The fourth-order valence-electron chi connectivity index (χ4n) is 0.637. The molecular weight excluding hydrogens is 187 g/mol. The zero-order chi connectivity index (χ0) is 10.5. The molecule has 0 saturated heterocycles. The third-order valence-corrected chi connectivity index (χ3v) is 1.22. The Bertz CT molecular complexity index is 314. The molecule has 0 aliphatic rings. The summed E-state index contributed by atoms with van der Waals surface area (Å²) in [6.07, 6.45) is 0. The quantitative estimate of drug-likeness (QED) is 0.457. The number of rotatable bonds is 0. The van der Waals surface area contributed by atoms with E-state index in [2.05, 4.69) is 48.9 Å². The van der Waals surface area contributed by atoms with Crippen LogP contribution in [0.15, 0.2) is 24.3 Å². The second kappa shape index (κ2) is 5.42. The van der Waals surface area contributed by atoms with Gasteiger partial charge in [0, 0.05) is 0 Å². The summed E-state index contributed by atoms with van der Waals surface area (Å²) in [4.78, 5) is 0. The van der Waals surface area contributed by atoms with Crippen LogP contribution in [0.5, 0.6) is 0 Å². The van der Waals surface area contributed by atoms with Crippen molar-refractivity contribution in [2.75, 3.05) is 0 Å². The Balaban J connectivity index is 0.000000252. The molecule has 0 radical (unpaired) electrons. The van der Waals surface area contributed by atoms with Crippen molar-refractivity contribution in [2.24, 2.45) is 0 Å². The van der Waals surface area contributed by atoms with E-state index >= 15 is 0 Å². The molecule has 6 heteroatoms. The molecule has 0 saturated carbocycles. The zero-order valence-corrected chi connectivity index (χ0v) is 8.25. The van der Waals surface area contributed by atoms with Gasteiger partial charge in [-0.15, -0.1) is 0 Å². The van der Waals surface area contributed by atoms with Gasteiger partial charge in [-0.1, -0.05) is 0 Å². The van der Waals surface area contributed by atoms with Gasteiger partial charge >= 0.3 is 69.1 Å². The van der Waals surface area contributed by atoms with Crippen molar-refractivity contribution in [1.29, 1.82) is 0 Å². The molecule has 1 rings (SSSR count). The maximum absolute atomic E-state index is 8.74. The van der Waals surface area contributed by atoms with E-state index in [4.69, 9.17) is 17.5 Å². The summed E-state index contributed by atoms with van der Waals surface area (Å²) in [5.41, 5.74) is 1.33. The molecule has 0 bridgehead atoms. The van der Waals surface area contributed by atoms with E-state index in [1.165, 1.54) is 9.80 Å². The number of aryl methyl sites for hydroxylation is 1. The number of benzene rings is 1. The van der Waals surface area contributed by atoms with Crippen molar-refractivity contribution < 1.29 is 17.5 Å². The summed E-state index contributed by atoms with van der Waals surface area (Å²) in [6.45, 7) is 2.10. The van der Waals surface area contributed by atoms with E-state index in [-0.39, 0.29) is 0 Å². The molecule has 1 aromatic carbocycles. The van der Waals surface area contributed by atoms with Gasteiger partial charge in [0.25, 0.3) is 0 Å². The number of hydrogen-bond donors (Lipinski definition) is 2. The first-order chi connectivity index (χ1) is 5.79. The van der Waals surface area contributed by atoms with Gasteiger partial charge < -0.3 is 0 Å². The van der Waals surface area contributed by atoms with Gasteiger partial charge in [-0.3, -0.25) is 9.11 Å². The van der Waals surface area contributed by atoms with Gasteiger partial charge in [-0.05, 0) is 0 Å². The molecule has 0 unspecified atom stereocenters. The molecule has 4 nitrogen and oxygen atoms in total. The first kappa shape index (κ1) is 12.7. The van der Waals surface area contributed by atoms with Gasteiger partial charge in [0.15, 0.2) is 0 Å². The van der Waals surface area contributed by atoms with Crippen LogP contribution < -0.4 is 4.24 Å². The molecule has 68 valence electrons. The van der Waals surface area contributed by atoms with Crippen LogP contribution in [-0.2, 0) is 10.4 Å². The molecule has 0 aromatic heterocycles. The Morgan fingerprint density at radius 3 is 1.69 bits per heavy atom. The van der Waals surface area contributed by atoms with E-state index < -0.39 is 10.4 Å². The molecule has 0 spiro atoms. The van der Waals surface area contributed by atoms with Crippen molar-refractivity contribution in [1.82, 2.24) is 0 Å². The van der Waals surface area contributed by atoms with Gasteiger partial charge in [-0.25, -0.2) is 0 Å². The molecule has 0 aliphatic carbocycles. The van der Waals surface area contributed by atoms with Gasteiger partial charge in [0.1, 0.15) is 0 Å². The van der Waals surface area contributed by atoms with Crippen molar-refractivity contribution in [3.63, 3.8) is 0 Å². The molecule has 0 aliphatic heterocycles. The van der Waals surface area contributed by atoms with E-state index in [0.717, 1.165) is 0 Å². The monoisotopic (exact) mass is 196 g/mol. The predicted molar refractivity (Wildman–Crippen MR) is 50.7 cm³/mol. The van der Waals surface area contributed by atoms with Crippen LogP contribution in [0.4, 0.5) is 0 Å². The van der Waals surface area contributed by atoms with E-state index in [1.54, 1.807) is 0 Å². The van der Waals surface area contributed by atoms with Gasteiger partial charge in [-0.2, -0.15) is 8.42 Å². The molecule has 0 heterocycles. The average molecular weight is 196 g/mol. The molecule has 0 fully saturated rings. The Hall–Kier alpha value is -0.313. The fourth-order valence-corrected chi connectivity index (χ4v) is 0.637. The maximum atomic E-state index is 8.74. The molecular formula is C7H9LiO4S. The predicted octanol–water partition coefficient (Wildman–Crippen LogP) is 0.136. The van der Waals surface area contributed by atoms with E-state index in [1.807, 2.05) is 0 Å². The Morgan fingerprint density at radius 2 is 1.46 bits per heavy atom. The summed E-state index contributed by atoms with van der Waals surface area (Å²) in [7, 11) is -4.67. The van der Waals surface area contributed by atoms with Crippen LogP contribution in [0.25, 0.3) is 0 Å². The topological polar surface area (TPSA) is 74.6 Å². The SMILES string of the molecule is O=S(=O)(O)O.[Li][c]1ccc(C)cc1. The van der Waals surface area contributed by atoms with Crippen molar-refractivity contribution in [3.8, 4) is 0 Å². The standard InChI is InChI=1S/C7H7.Li.H2O4S/c1-7-5-3-2-4-6-7;;1-5(2,3)4/h3-6H,1H3;;(H2,1,2,3,4). The van der Waals surface area contributed by atoms with Crippen molar-refractivity contribution in [3.05, 3.63) is 29.8 Å². The Morgan fingerprint density at radius 1 is 1.15 bits per heavy atom. The summed E-state index contributed by atoms with van der Waals surface area (Å²) in [5.74, 6) is 0. The zero-order valence-electron chi connectivity index (χ0n) is 7.43. The Labute approximate surface area is 86.8 Å². The summed E-state index contributed by atoms with van der Waals surface area (Å²) in [5, 5.41) is 0. The van der Waals surface area contributed by atoms with Crippen LogP contribution in [-0.4, -0.2) is 35.2 Å². The van der Waals surface area contributed by atoms with Crippen molar-refractivity contribution in [2.45, 2.75) is 6.92 Å². The second-order valence-electron chi connectivity index (χ2n) is 2.60. The van der Waals surface area contributed by atoms with Crippen LogP contribution in [0.2, 0.25) is 0 Å². The minimum absolute atomic E-state index is 1.33. The third-order valence-electron chi connectivity index (χ3n) is 1.22. The van der Waals surface area contributed by atoms with Crippen LogP contribution in [0.1, 0.15) is 5.56 Å². The second-order valence-corrected chi connectivity index (χ2v) is 3.50. The minimum atomic E-state index is -4.67. The fraction of sp³-hybridized carbons (Fsp3) is 0.143. The van der Waals surface area contributed by atoms with Crippen LogP contribution in [0, 0.1) is 6.92 Å². The number of hydrogen-bond acceptors (Lipinski definition) is 2. The molecule has 0 atom stereocenters. The molecule has 2 N–H and O–H groups in total. The first-order valence-electron chi connectivity index (χ1n) is 3.52. The van der Waals surface area contributed by atoms with E-state index in [0.29, 0.717) is 0 Å². The molecule has 13 heavy (non-hydrogen) atoms. The summed E-state index contributed by atoms with van der Waals surface area (Å²) >= 11 is 2.10. The van der Waals surface area contributed by atoms with Crippen molar-refractivity contribution >= 4 is 32.4 Å². The summed E-state index contributed by atoms with van der Waals surface area (Å²) < 4.78 is 32.9. The molecule has 1 aromatic rings. The summed E-state index contributed by atoms with van der Waals surface area (Å²) in [6, 6.07) is 8.48. The van der Waals surface area contributed by atoms with E-state index in [9.17, 15) is 0 Å². The van der Waals surface area contributed by atoms with Crippen LogP contribution in [0.3, 0.4) is 0 Å². The van der Waals surface area contributed by atoms with Gasteiger partial charge in [0.05, 0.1) is 0 Å².